The Morgan fingerprint density at radius 3 is 2.93 bits per heavy atom. The number of rotatable bonds is 4. The number of ketones is 1. The van der Waals surface area contributed by atoms with E-state index >= 15 is 0 Å². The maximum Gasteiger partial charge on any atom is 0.336 e. The van der Waals surface area contributed by atoms with Crippen LogP contribution < -0.4 is 5.32 Å². The van der Waals surface area contributed by atoms with E-state index < -0.39 is 0 Å². The molecular weight excluding hydrogens is 430 g/mol. The van der Waals surface area contributed by atoms with E-state index in [2.05, 4.69) is 21.2 Å². The molecule has 5 nitrogen and oxygen atoms in total. The minimum Gasteiger partial charge on any atom is -0.459 e. The zero-order chi connectivity index (χ0) is 19.0. The van der Waals surface area contributed by atoms with Crippen molar-refractivity contribution < 1.29 is 19.1 Å². The monoisotopic (exact) mass is 451 g/mol. The molecule has 2 unspecified atom stereocenters. The van der Waals surface area contributed by atoms with Crippen molar-refractivity contribution in [2.45, 2.75) is 51.0 Å². The van der Waals surface area contributed by atoms with Gasteiger partial charge >= 0.3 is 5.97 Å². The fraction of sp³-hybridized carbons (Fsp3) is 0.500. The molecule has 7 heteroatoms. The second-order valence-electron chi connectivity index (χ2n) is 7.14. The van der Waals surface area contributed by atoms with E-state index in [0.717, 1.165) is 57.9 Å². The van der Waals surface area contributed by atoms with Gasteiger partial charge in [0.2, 0.25) is 0 Å². The Bertz CT molecular complexity index is 835. The van der Waals surface area contributed by atoms with E-state index in [0.29, 0.717) is 12.0 Å². The number of carbonyl (C=O) groups is 2. The minimum absolute atomic E-state index is 0.0215. The van der Waals surface area contributed by atoms with Gasteiger partial charge in [-0.1, -0.05) is 0 Å². The molecule has 0 amide bonds. The number of carbonyl (C=O) groups excluding carboxylic acids is 2. The number of dihydropyridines is 1. The molecule has 3 heterocycles. The van der Waals surface area contributed by atoms with Gasteiger partial charge in [0, 0.05) is 34.9 Å². The first-order valence-electron chi connectivity index (χ1n) is 9.32. The number of ether oxygens (including phenoxy) is 2. The first-order valence-corrected chi connectivity index (χ1v) is 10.9. The summed E-state index contributed by atoms with van der Waals surface area (Å²) in [5.74, 6) is -0.604. The molecule has 27 heavy (non-hydrogen) atoms. The second kappa shape index (κ2) is 7.89. The van der Waals surface area contributed by atoms with Crippen LogP contribution >= 0.6 is 27.3 Å². The summed E-state index contributed by atoms with van der Waals surface area (Å²) in [5, 5.41) is 3.31. The Morgan fingerprint density at radius 2 is 2.22 bits per heavy atom. The van der Waals surface area contributed by atoms with Crippen LogP contribution in [0.5, 0.6) is 0 Å². The maximum atomic E-state index is 13.0. The first-order chi connectivity index (χ1) is 13.0. The van der Waals surface area contributed by atoms with E-state index in [4.69, 9.17) is 9.47 Å². The largest absolute Gasteiger partial charge is 0.459 e. The van der Waals surface area contributed by atoms with Gasteiger partial charge in [-0.3, -0.25) is 4.79 Å². The summed E-state index contributed by atoms with van der Waals surface area (Å²) in [6.07, 6.45) is 4.10. The van der Waals surface area contributed by atoms with Gasteiger partial charge in [0.1, 0.15) is 6.61 Å². The van der Waals surface area contributed by atoms with Crippen molar-refractivity contribution >= 4 is 39.0 Å². The van der Waals surface area contributed by atoms with Crippen molar-refractivity contribution in [2.24, 2.45) is 0 Å². The number of Topliss-reactive ketones (excluding diaryl/α,β-unsaturated/α-hetero) is 1. The molecule has 0 saturated carbocycles. The predicted molar refractivity (Wildman–Crippen MR) is 106 cm³/mol. The zero-order valence-electron chi connectivity index (χ0n) is 15.2. The van der Waals surface area contributed by atoms with Crippen LogP contribution in [0.3, 0.4) is 0 Å². The standard InChI is InChI=1S/C20H22BrNO4S/c1-11-17(20(24)26-10-12-4-3-9-25-12)19(15-7-8-16(21)27-15)18-13(22-11)5-2-6-14(18)23/h7-8,12,19,22H,2-6,9-10H2,1H3. The molecule has 2 aliphatic heterocycles. The summed E-state index contributed by atoms with van der Waals surface area (Å²) in [6, 6.07) is 3.94. The van der Waals surface area contributed by atoms with Crippen molar-refractivity contribution in [3.63, 3.8) is 0 Å². The fourth-order valence-electron chi connectivity index (χ4n) is 4.04. The number of hydrogen-bond acceptors (Lipinski definition) is 6. The lowest BCUT2D eigenvalue weighted by molar-refractivity contribution is -0.142. The highest BCUT2D eigenvalue weighted by Crippen LogP contribution is 2.45. The Morgan fingerprint density at radius 1 is 1.37 bits per heavy atom. The number of allylic oxidation sites excluding steroid dienone is 3. The number of halogens is 1. The van der Waals surface area contributed by atoms with Gasteiger partial charge in [-0.05, 0) is 60.7 Å². The number of nitrogens with one attached hydrogen (secondary N) is 1. The SMILES string of the molecule is CC1=C(C(=O)OCC2CCCO2)C(c2ccc(Br)s2)C2=C(CCCC2=O)N1. The average Bonchev–Trinajstić information content (AvgIpc) is 3.30. The summed E-state index contributed by atoms with van der Waals surface area (Å²) in [6.45, 7) is 2.87. The summed E-state index contributed by atoms with van der Waals surface area (Å²) in [4.78, 5) is 26.8. The Labute approximate surface area is 170 Å². The molecule has 1 aromatic rings. The van der Waals surface area contributed by atoms with Crippen LogP contribution in [-0.4, -0.2) is 31.1 Å². The van der Waals surface area contributed by atoms with Gasteiger partial charge in [-0.15, -0.1) is 11.3 Å². The molecule has 1 saturated heterocycles. The normalized spacial score (nSPS) is 25.5. The van der Waals surface area contributed by atoms with Gasteiger partial charge in [0.05, 0.1) is 21.4 Å². The molecular formula is C20H22BrNO4S. The molecule has 1 aliphatic carbocycles. The molecule has 0 radical (unpaired) electrons. The lowest BCUT2D eigenvalue weighted by Crippen LogP contribution is -2.34. The predicted octanol–water partition coefficient (Wildman–Crippen LogP) is 4.20. The molecule has 1 fully saturated rings. The van der Waals surface area contributed by atoms with Gasteiger partial charge in [0.15, 0.2) is 5.78 Å². The van der Waals surface area contributed by atoms with Crippen LogP contribution in [-0.2, 0) is 19.1 Å². The zero-order valence-corrected chi connectivity index (χ0v) is 17.6. The van der Waals surface area contributed by atoms with E-state index in [9.17, 15) is 9.59 Å². The van der Waals surface area contributed by atoms with Crippen molar-refractivity contribution in [1.29, 1.82) is 0 Å². The fourth-order valence-corrected chi connectivity index (χ4v) is 5.59. The highest BCUT2D eigenvalue weighted by atomic mass is 79.9. The van der Waals surface area contributed by atoms with Gasteiger partial charge in [0.25, 0.3) is 0 Å². The second-order valence-corrected chi connectivity index (χ2v) is 9.64. The Balaban J connectivity index is 1.67. The van der Waals surface area contributed by atoms with E-state index in [1.807, 2.05) is 19.1 Å². The highest BCUT2D eigenvalue weighted by Gasteiger charge is 2.40. The lowest BCUT2D eigenvalue weighted by atomic mass is 9.78. The van der Waals surface area contributed by atoms with Crippen LogP contribution in [0.25, 0.3) is 0 Å². The number of thiophene rings is 1. The van der Waals surface area contributed by atoms with Gasteiger partial charge in [-0.25, -0.2) is 4.79 Å². The van der Waals surface area contributed by atoms with Crippen molar-refractivity contribution in [2.75, 3.05) is 13.2 Å². The van der Waals surface area contributed by atoms with Gasteiger partial charge < -0.3 is 14.8 Å². The average molecular weight is 452 g/mol. The number of esters is 1. The smallest absolute Gasteiger partial charge is 0.336 e. The third kappa shape index (κ3) is 3.77. The molecule has 144 valence electrons. The highest BCUT2D eigenvalue weighted by molar-refractivity contribution is 9.11. The van der Waals surface area contributed by atoms with Crippen molar-refractivity contribution in [1.82, 2.24) is 5.32 Å². The topological polar surface area (TPSA) is 64.6 Å². The van der Waals surface area contributed by atoms with Crippen LogP contribution in [0.1, 0.15) is 49.8 Å². The molecule has 2 atom stereocenters. The Hall–Kier alpha value is -1.44. The first kappa shape index (κ1) is 18.9. The van der Waals surface area contributed by atoms with E-state index in [1.54, 1.807) is 11.3 Å². The van der Waals surface area contributed by atoms with Crippen LogP contribution in [0.2, 0.25) is 0 Å². The Kier molecular flexibility index (Phi) is 5.53. The summed E-state index contributed by atoms with van der Waals surface area (Å²) in [7, 11) is 0. The molecule has 3 aliphatic rings. The third-order valence-electron chi connectivity index (χ3n) is 5.30. The molecule has 1 N–H and O–H groups in total. The summed E-state index contributed by atoms with van der Waals surface area (Å²) >= 11 is 5.06. The molecule has 0 bridgehead atoms. The van der Waals surface area contributed by atoms with Crippen LogP contribution in [0.15, 0.2) is 38.5 Å². The summed E-state index contributed by atoms with van der Waals surface area (Å²) < 4.78 is 12.1. The lowest BCUT2D eigenvalue weighted by Gasteiger charge is -2.33. The van der Waals surface area contributed by atoms with E-state index in [-0.39, 0.29) is 30.4 Å². The molecule has 0 aromatic carbocycles. The van der Waals surface area contributed by atoms with E-state index in [1.165, 1.54) is 0 Å². The van der Waals surface area contributed by atoms with Crippen molar-refractivity contribution in [3.05, 3.63) is 43.3 Å². The van der Waals surface area contributed by atoms with Crippen LogP contribution in [0.4, 0.5) is 0 Å². The number of hydrogen-bond donors (Lipinski definition) is 1. The molecule has 0 spiro atoms. The quantitative estimate of drug-likeness (QED) is 0.694. The third-order valence-corrected chi connectivity index (χ3v) is 6.99. The van der Waals surface area contributed by atoms with Crippen molar-refractivity contribution in [3.8, 4) is 0 Å². The maximum absolute atomic E-state index is 13.0. The molecule has 1 aromatic heterocycles. The minimum atomic E-state index is -0.366. The van der Waals surface area contributed by atoms with Gasteiger partial charge in [-0.2, -0.15) is 0 Å². The molecule has 4 rings (SSSR count). The summed E-state index contributed by atoms with van der Waals surface area (Å²) in [5.41, 5.74) is 2.99. The van der Waals surface area contributed by atoms with Crippen LogP contribution in [0, 0.1) is 0 Å².